The van der Waals surface area contributed by atoms with Crippen molar-refractivity contribution in [1.82, 2.24) is 10.2 Å². The van der Waals surface area contributed by atoms with Crippen LogP contribution in [0.2, 0.25) is 5.02 Å². The summed E-state index contributed by atoms with van der Waals surface area (Å²) in [6.45, 7) is 0. The van der Waals surface area contributed by atoms with Crippen molar-refractivity contribution in [2.45, 2.75) is 12.6 Å². The topological polar surface area (TPSA) is 51.8 Å². The van der Waals surface area contributed by atoms with Gasteiger partial charge in [-0.2, -0.15) is 13.2 Å². The first-order valence-electron chi connectivity index (χ1n) is 4.80. The van der Waals surface area contributed by atoms with E-state index in [1.165, 1.54) is 12.1 Å². The Labute approximate surface area is 109 Å². The Kier molecular flexibility index (Phi) is 3.45. The lowest BCUT2D eigenvalue weighted by Crippen LogP contribution is -2.09. The van der Waals surface area contributed by atoms with E-state index >= 15 is 0 Å². The molecule has 18 heavy (non-hydrogen) atoms. The SMILES string of the molecule is Nc1nnc(Cc2cc(Cl)ccc2C(F)(F)F)s1. The van der Waals surface area contributed by atoms with Crippen molar-refractivity contribution < 1.29 is 13.2 Å². The van der Waals surface area contributed by atoms with E-state index in [1.54, 1.807) is 0 Å². The van der Waals surface area contributed by atoms with E-state index in [2.05, 4.69) is 10.2 Å². The van der Waals surface area contributed by atoms with Crippen molar-refractivity contribution in [3.8, 4) is 0 Å². The molecule has 0 aliphatic carbocycles. The minimum atomic E-state index is -4.42. The molecule has 2 aromatic rings. The van der Waals surface area contributed by atoms with Gasteiger partial charge in [-0.15, -0.1) is 10.2 Å². The highest BCUT2D eigenvalue weighted by Crippen LogP contribution is 2.34. The van der Waals surface area contributed by atoms with E-state index in [0.717, 1.165) is 17.4 Å². The van der Waals surface area contributed by atoms with E-state index in [0.29, 0.717) is 5.01 Å². The van der Waals surface area contributed by atoms with Crippen molar-refractivity contribution in [3.63, 3.8) is 0 Å². The lowest BCUT2D eigenvalue weighted by atomic mass is 10.0. The van der Waals surface area contributed by atoms with Gasteiger partial charge in [-0.3, -0.25) is 0 Å². The molecule has 0 bridgehead atoms. The summed E-state index contributed by atoms with van der Waals surface area (Å²) < 4.78 is 38.4. The largest absolute Gasteiger partial charge is 0.416 e. The Bertz CT molecular complexity index is 568. The molecule has 1 heterocycles. The highest BCUT2D eigenvalue weighted by atomic mass is 35.5. The van der Waals surface area contributed by atoms with Crippen LogP contribution in [0, 0.1) is 0 Å². The molecular weight excluding hydrogens is 287 g/mol. The first-order chi connectivity index (χ1) is 8.36. The monoisotopic (exact) mass is 293 g/mol. The van der Waals surface area contributed by atoms with Gasteiger partial charge >= 0.3 is 6.18 Å². The zero-order chi connectivity index (χ0) is 13.3. The fourth-order valence-electron chi connectivity index (χ4n) is 1.49. The van der Waals surface area contributed by atoms with Crippen LogP contribution in [0.15, 0.2) is 18.2 Å². The average Bonchev–Trinajstić information content (AvgIpc) is 2.62. The summed E-state index contributed by atoms with van der Waals surface area (Å²) in [5.41, 5.74) is 4.72. The van der Waals surface area contributed by atoms with Crippen molar-refractivity contribution in [3.05, 3.63) is 39.4 Å². The minimum Gasteiger partial charge on any atom is -0.374 e. The number of hydrogen-bond donors (Lipinski definition) is 1. The standard InChI is InChI=1S/C10H7ClF3N3S/c11-6-1-2-7(10(12,13)14)5(3-6)4-8-16-17-9(15)18-8/h1-3H,4H2,(H2,15,17). The van der Waals surface area contributed by atoms with Gasteiger partial charge < -0.3 is 5.73 Å². The Morgan fingerprint density at radius 2 is 2.00 bits per heavy atom. The summed E-state index contributed by atoms with van der Waals surface area (Å²) in [5.74, 6) is 0. The molecular formula is C10H7ClF3N3S. The van der Waals surface area contributed by atoms with Gasteiger partial charge in [0.2, 0.25) is 5.13 Å². The zero-order valence-electron chi connectivity index (χ0n) is 8.83. The van der Waals surface area contributed by atoms with Gasteiger partial charge in [0.15, 0.2) is 0 Å². The number of halogens is 4. The van der Waals surface area contributed by atoms with E-state index in [9.17, 15) is 13.2 Å². The van der Waals surface area contributed by atoms with Crippen LogP contribution in [0.5, 0.6) is 0 Å². The van der Waals surface area contributed by atoms with E-state index in [-0.39, 0.29) is 22.1 Å². The van der Waals surface area contributed by atoms with Crippen LogP contribution in [0.4, 0.5) is 18.3 Å². The summed E-state index contributed by atoms with van der Waals surface area (Å²) >= 11 is 6.77. The molecule has 0 saturated carbocycles. The molecule has 1 aromatic carbocycles. The zero-order valence-corrected chi connectivity index (χ0v) is 10.4. The summed E-state index contributed by atoms with van der Waals surface area (Å²) in [5, 5.41) is 8.14. The van der Waals surface area contributed by atoms with E-state index in [4.69, 9.17) is 17.3 Å². The number of nitrogen functional groups attached to an aromatic ring is 1. The second-order valence-corrected chi connectivity index (χ2v) is 5.04. The van der Waals surface area contributed by atoms with Crippen LogP contribution in [-0.2, 0) is 12.6 Å². The third-order valence-electron chi connectivity index (χ3n) is 2.20. The van der Waals surface area contributed by atoms with Gasteiger partial charge in [-0.1, -0.05) is 22.9 Å². The van der Waals surface area contributed by atoms with Crippen LogP contribution in [0.1, 0.15) is 16.1 Å². The van der Waals surface area contributed by atoms with Crippen molar-refractivity contribution in [1.29, 1.82) is 0 Å². The number of rotatable bonds is 2. The molecule has 1 aromatic heterocycles. The summed E-state index contributed by atoms with van der Waals surface area (Å²) in [6.07, 6.45) is -4.42. The summed E-state index contributed by atoms with van der Waals surface area (Å²) in [4.78, 5) is 0. The molecule has 0 radical (unpaired) electrons. The van der Waals surface area contributed by atoms with Gasteiger partial charge in [-0.05, 0) is 23.8 Å². The molecule has 2 N–H and O–H groups in total. The fourth-order valence-corrected chi connectivity index (χ4v) is 2.31. The number of benzene rings is 1. The summed E-state index contributed by atoms with van der Waals surface area (Å²) in [7, 11) is 0. The number of hydrogen-bond acceptors (Lipinski definition) is 4. The molecule has 2 rings (SSSR count). The maximum absolute atomic E-state index is 12.8. The van der Waals surface area contributed by atoms with E-state index < -0.39 is 11.7 Å². The maximum atomic E-state index is 12.8. The van der Waals surface area contributed by atoms with Gasteiger partial charge in [0, 0.05) is 11.4 Å². The van der Waals surface area contributed by atoms with Crippen LogP contribution >= 0.6 is 22.9 Å². The normalized spacial score (nSPS) is 11.8. The molecule has 0 atom stereocenters. The van der Waals surface area contributed by atoms with Crippen LogP contribution < -0.4 is 5.73 Å². The first-order valence-corrected chi connectivity index (χ1v) is 5.99. The van der Waals surface area contributed by atoms with Crippen molar-refractivity contribution in [2.24, 2.45) is 0 Å². The molecule has 0 aliphatic heterocycles. The van der Waals surface area contributed by atoms with Gasteiger partial charge in [0.25, 0.3) is 0 Å². The third-order valence-corrected chi connectivity index (χ3v) is 3.18. The smallest absolute Gasteiger partial charge is 0.374 e. The number of nitrogens with two attached hydrogens (primary N) is 1. The van der Waals surface area contributed by atoms with Crippen molar-refractivity contribution >= 4 is 28.1 Å². The predicted octanol–water partition coefficient (Wildman–Crippen LogP) is 3.38. The third kappa shape index (κ3) is 2.91. The lowest BCUT2D eigenvalue weighted by Gasteiger charge is -2.11. The molecule has 0 spiro atoms. The predicted molar refractivity (Wildman–Crippen MR) is 63.6 cm³/mol. The lowest BCUT2D eigenvalue weighted by molar-refractivity contribution is -0.138. The Morgan fingerprint density at radius 1 is 1.28 bits per heavy atom. The Morgan fingerprint density at radius 3 is 2.56 bits per heavy atom. The van der Waals surface area contributed by atoms with Gasteiger partial charge in [0.05, 0.1) is 5.56 Å². The maximum Gasteiger partial charge on any atom is 0.416 e. The highest BCUT2D eigenvalue weighted by molar-refractivity contribution is 7.15. The first kappa shape index (κ1) is 13.1. The van der Waals surface area contributed by atoms with E-state index in [1.807, 2.05) is 0 Å². The highest BCUT2D eigenvalue weighted by Gasteiger charge is 2.33. The van der Waals surface area contributed by atoms with Crippen LogP contribution in [0.25, 0.3) is 0 Å². The number of nitrogens with zero attached hydrogens (tertiary/aromatic N) is 2. The number of alkyl halides is 3. The van der Waals surface area contributed by atoms with Crippen LogP contribution in [0.3, 0.4) is 0 Å². The fraction of sp³-hybridized carbons (Fsp3) is 0.200. The number of aromatic nitrogens is 2. The molecule has 96 valence electrons. The van der Waals surface area contributed by atoms with Crippen LogP contribution in [-0.4, -0.2) is 10.2 Å². The summed E-state index contributed by atoms with van der Waals surface area (Å²) in [6, 6.07) is 3.45. The molecule has 0 saturated heterocycles. The minimum absolute atomic E-state index is 0.00424. The molecule has 0 amide bonds. The molecule has 8 heteroatoms. The molecule has 0 fully saturated rings. The average molecular weight is 294 g/mol. The quantitative estimate of drug-likeness (QED) is 0.923. The Balaban J connectivity index is 2.39. The number of anilines is 1. The molecule has 0 unspecified atom stereocenters. The Hall–Kier alpha value is -1.34. The molecule has 0 aliphatic rings. The second kappa shape index (κ2) is 4.74. The second-order valence-electron chi connectivity index (χ2n) is 3.51. The van der Waals surface area contributed by atoms with Crippen molar-refractivity contribution in [2.75, 3.05) is 5.73 Å². The van der Waals surface area contributed by atoms with Gasteiger partial charge in [0.1, 0.15) is 5.01 Å². The molecule has 3 nitrogen and oxygen atoms in total. The van der Waals surface area contributed by atoms with Gasteiger partial charge in [-0.25, -0.2) is 0 Å².